The third kappa shape index (κ3) is 3.00. The molecule has 122 valence electrons. The van der Waals surface area contributed by atoms with Gasteiger partial charge in [0.2, 0.25) is 11.8 Å². The van der Waals surface area contributed by atoms with Crippen molar-refractivity contribution in [2.45, 2.75) is 51.5 Å². The fourth-order valence-corrected chi connectivity index (χ4v) is 3.60. The van der Waals surface area contributed by atoms with Crippen molar-refractivity contribution in [2.24, 2.45) is 0 Å². The second-order valence-corrected chi connectivity index (χ2v) is 6.55. The summed E-state index contributed by atoms with van der Waals surface area (Å²) in [6.07, 6.45) is 4.00. The van der Waals surface area contributed by atoms with Crippen LogP contribution in [0.3, 0.4) is 0 Å². The number of carbonyl (C=O) groups is 1. The minimum atomic E-state index is -0.403. The van der Waals surface area contributed by atoms with Gasteiger partial charge in [-0.1, -0.05) is 47.8 Å². The van der Waals surface area contributed by atoms with Crippen LogP contribution in [-0.4, -0.2) is 28.0 Å². The summed E-state index contributed by atoms with van der Waals surface area (Å²) in [5.74, 6) is 1.23. The van der Waals surface area contributed by atoms with E-state index in [9.17, 15) is 4.79 Å². The number of amides is 1. The summed E-state index contributed by atoms with van der Waals surface area (Å²) in [7, 11) is 1.82. The Morgan fingerprint density at radius 3 is 2.65 bits per heavy atom. The molecular weight excluding hydrogens is 290 g/mol. The molecule has 2 aromatic rings. The molecule has 5 nitrogen and oxygen atoms in total. The molecule has 23 heavy (non-hydrogen) atoms. The Kier molecular flexibility index (Phi) is 4.20. The van der Waals surface area contributed by atoms with Crippen LogP contribution in [-0.2, 0) is 16.8 Å². The lowest BCUT2D eigenvalue weighted by Gasteiger charge is -2.32. The van der Waals surface area contributed by atoms with Gasteiger partial charge in [0.05, 0.1) is 12.0 Å². The highest BCUT2D eigenvalue weighted by molar-refractivity contribution is 5.88. The zero-order valence-corrected chi connectivity index (χ0v) is 14.0. The molecule has 0 atom stereocenters. The first-order chi connectivity index (χ1) is 11.0. The molecule has 3 rings (SSSR count). The summed E-state index contributed by atoms with van der Waals surface area (Å²) >= 11 is 0. The van der Waals surface area contributed by atoms with E-state index in [-0.39, 0.29) is 5.91 Å². The topological polar surface area (TPSA) is 59.2 Å². The average Bonchev–Trinajstić information content (AvgIpc) is 3.16. The van der Waals surface area contributed by atoms with Crippen LogP contribution in [0.4, 0.5) is 0 Å². The van der Waals surface area contributed by atoms with Gasteiger partial charge >= 0.3 is 0 Å². The van der Waals surface area contributed by atoms with Crippen LogP contribution in [0.25, 0.3) is 0 Å². The number of likely N-dealkylation sites (N-methyl/N-ethyl adjacent to an activating group) is 1. The summed E-state index contributed by atoms with van der Waals surface area (Å²) in [6.45, 7) is 4.20. The van der Waals surface area contributed by atoms with E-state index in [1.165, 1.54) is 5.56 Å². The molecule has 1 aliphatic carbocycles. The third-order valence-electron chi connectivity index (χ3n) is 4.73. The minimum Gasteiger partial charge on any atom is -0.340 e. The smallest absolute Gasteiger partial charge is 0.233 e. The molecule has 0 saturated heterocycles. The van der Waals surface area contributed by atoms with Gasteiger partial charge in [0.25, 0.3) is 0 Å². The summed E-state index contributed by atoms with van der Waals surface area (Å²) in [6, 6.07) is 8.35. The Balaban J connectivity index is 1.87. The Hall–Kier alpha value is -2.17. The molecule has 1 aromatic heterocycles. The molecule has 1 saturated carbocycles. The van der Waals surface area contributed by atoms with Crippen LogP contribution in [0.5, 0.6) is 0 Å². The van der Waals surface area contributed by atoms with Crippen LogP contribution in [0.15, 0.2) is 28.8 Å². The van der Waals surface area contributed by atoms with Crippen molar-refractivity contribution < 1.29 is 9.32 Å². The fourth-order valence-electron chi connectivity index (χ4n) is 3.60. The summed E-state index contributed by atoms with van der Waals surface area (Å²) in [4.78, 5) is 19.2. The molecule has 1 amide bonds. The molecule has 1 aromatic carbocycles. The van der Waals surface area contributed by atoms with Gasteiger partial charge in [-0.3, -0.25) is 4.79 Å². The number of carbonyl (C=O) groups excluding carboxylic acids is 1. The Morgan fingerprint density at radius 2 is 2.04 bits per heavy atom. The summed E-state index contributed by atoms with van der Waals surface area (Å²) in [5, 5.41) is 3.89. The molecule has 0 spiro atoms. The van der Waals surface area contributed by atoms with E-state index in [0.717, 1.165) is 31.2 Å². The first-order valence-electron chi connectivity index (χ1n) is 8.13. The highest BCUT2D eigenvalue weighted by Crippen LogP contribution is 2.42. The lowest BCUT2D eigenvalue weighted by Crippen LogP contribution is -2.43. The summed E-state index contributed by atoms with van der Waals surface area (Å²) in [5.41, 5.74) is 1.92. The average molecular weight is 313 g/mol. The van der Waals surface area contributed by atoms with E-state index in [1.807, 2.05) is 13.1 Å². The number of aryl methyl sites for hydroxylation is 2. The molecule has 0 N–H and O–H groups in total. The van der Waals surface area contributed by atoms with Crippen LogP contribution >= 0.6 is 0 Å². The second kappa shape index (κ2) is 6.14. The molecule has 0 aliphatic heterocycles. The SMILES string of the molecule is Cc1cccc(C2(C(=O)N(C)Cc3noc(C)n3)CCCC2)c1. The van der Waals surface area contributed by atoms with E-state index in [2.05, 4.69) is 35.3 Å². The molecule has 1 heterocycles. The fraction of sp³-hybridized carbons (Fsp3) is 0.500. The van der Waals surface area contributed by atoms with Gasteiger partial charge in [-0.25, -0.2) is 0 Å². The molecule has 1 fully saturated rings. The first kappa shape index (κ1) is 15.7. The highest BCUT2D eigenvalue weighted by Gasteiger charge is 2.44. The second-order valence-electron chi connectivity index (χ2n) is 6.55. The van der Waals surface area contributed by atoms with Crippen molar-refractivity contribution in [3.05, 3.63) is 47.1 Å². The zero-order valence-electron chi connectivity index (χ0n) is 14.0. The predicted octanol–water partition coefficient (Wildman–Crippen LogP) is 3.16. The number of hydrogen-bond acceptors (Lipinski definition) is 4. The van der Waals surface area contributed by atoms with Crippen LogP contribution in [0.2, 0.25) is 0 Å². The molecular formula is C18H23N3O2. The maximum atomic E-state index is 13.2. The number of benzene rings is 1. The molecule has 5 heteroatoms. The number of aromatic nitrogens is 2. The molecule has 0 radical (unpaired) electrons. The van der Waals surface area contributed by atoms with Gasteiger partial charge in [-0.05, 0) is 25.3 Å². The summed E-state index contributed by atoms with van der Waals surface area (Å²) < 4.78 is 5.00. The number of nitrogens with zero attached hydrogens (tertiary/aromatic N) is 3. The Bertz CT molecular complexity index is 702. The first-order valence-corrected chi connectivity index (χ1v) is 8.13. The van der Waals surface area contributed by atoms with Crippen molar-refractivity contribution in [3.8, 4) is 0 Å². The van der Waals surface area contributed by atoms with Crippen molar-refractivity contribution in [1.29, 1.82) is 0 Å². The van der Waals surface area contributed by atoms with Gasteiger partial charge in [0.1, 0.15) is 0 Å². The highest BCUT2D eigenvalue weighted by atomic mass is 16.5. The predicted molar refractivity (Wildman–Crippen MR) is 86.8 cm³/mol. The van der Waals surface area contributed by atoms with Crippen molar-refractivity contribution >= 4 is 5.91 Å². The van der Waals surface area contributed by atoms with Crippen LogP contribution in [0.1, 0.15) is 48.5 Å². The zero-order chi connectivity index (χ0) is 16.4. The Labute approximate surface area is 136 Å². The van der Waals surface area contributed by atoms with E-state index < -0.39 is 5.41 Å². The number of rotatable bonds is 4. The van der Waals surface area contributed by atoms with Gasteiger partial charge in [-0.15, -0.1) is 0 Å². The monoisotopic (exact) mass is 313 g/mol. The molecule has 0 unspecified atom stereocenters. The van der Waals surface area contributed by atoms with Crippen LogP contribution in [0, 0.1) is 13.8 Å². The lowest BCUT2D eigenvalue weighted by molar-refractivity contribution is -0.136. The van der Waals surface area contributed by atoms with Crippen molar-refractivity contribution in [1.82, 2.24) is 15.0 Å². The number of hydrogen-bond donors (Lipinski definition) is 0. The van der Waals surface area contributed by atoms with Crippen molar-refractivity contribution in [2.75, 3.05) is 7.05 Å². The molecule has 1 aliphatic rings. The lowest BCUT2D eigenvalue weighted by atomic mass is 9.77. The van der Waals surface area contributed by atoms with Crippen LogP contribution < -0.4 is 0 Å². The standard InChI is InChI=1S/C18H23N3O2/c1-13-7-6-8-15(11-13)18(9-4-5-10-18)17(22)21(3)12-16-19-14(2)23-20-16/h6-8,11H,4-5,9-10,12H2,1-3H3. The van der Waals surface area contributed by atoms with Gasteiger partial charge < -0.3 is 9.42 Å². The van der Waals surface area contributed by atoms with E-state index in [0.29, 0.717) is 18.3 Å². The maximum absolute atomic E-state index is 13.2. The quantitative estimate of drug-likeness (QED) is 0.870. The van der Waals surface area contributed by atoms with E-state index in [4.69, 9.17) is 4.52 Å². The van der Waals surface area contributed by atoms with Gasteiger partial charge in [0.15, 0.2) is 5.82 Å². The largest absolute Gasteiger partial charge is 0.340 e. The minimum absolute atomic E-state index is 0.156. The third-order valence-corrected chi connectivity index (χ3v) is 4.73. The van der Waals surface area contributed by atoms with Gasteiger partial charge in [-0.2, -0.15) is 4.98 Å². The van der Waals surface area contributed by atoms with E-state index in [1.54, 1.807) is 11.8 Å². The molecule has 0 bridgehead atoms. The van der Waals surface area contributed by atoms with E-state index >= 15 is 0 Å². The van der Waals surface area contributed by atoms with Gasteiger partial charge in [0, 0.05) is 14.0 Å². The normalized spacial score (nSPS) is 16.5. The van der Waals surface area contributed by atoms with Crippen molar-refractivity contribution in [3.63, 3.8) is 0 Å². The Morgan fingerprint density at radius 1 is 1.30 bits per heavy atom. The maximum Gasteiger partial charge on any atom is 0.233 e.